The molecule has 1 rings (SSSR count). The number of furan rings is 1. The molecule has 1 heterocycles. The zero-order valence-corrected chi connectivity index (χ0v) is 12.6. The highest BCUT2D eigenvalue weighted by Crippen LogP contribution is 1.99. The van der Waals surface area contributed by atoms with Crippen molar-refractivity contribution in [1.29, 1.82) is 0 Å². The van der Waals surface area contributed by atoms with Gasteiger partial charge in [0.2, 0.25) is 5.91 Å². The topological polar surface area (TPSA) is 63.5 Å². The molecule has 0 aromatic carbocycles. The van der Waals surface area contributed by atoms with Crippen LogP contribution in [0.2, 0.25) is 0 Å². The summed E-state index contributed by atoms with van der Waals surface area (Å²) in [5.74, 6) is 0.746. The van der Waals surface area contributed by atoms with E-state index in [1.165, 1.54) is 0 Å². The molecule has 1 atom stereocenters. The van der Waals surface area contributed by atoms with Crippen LogP contribution in [0.5, 0.6) is 0 Å². The van der Waals surface area contributed by atoms with Crippen LogP contribution >= 0.6 is 0 Å². The van der Waals surface area contributed by atoms with Crippen molar-refractivity contribution in [3.63, 3.8) is 0 Å². The number of rotatable bonds is 10. The SMILES string of the molecule is CC(C)OCCCCNC(C)C(=O)NCc1ccco1. The number of hydrogen-bond acceptors (Lipinski definition) is 4. The maximum Gasteiger partial charge on any atom is 0.237 e. The summed E-state index contributed by atoms with van der Waals surface area (Å²) >= 11 is 0. The number of carbonyl (C=O) groups excluding carboxylic acids is 1. The molecule has 1 aromatic rings. The van der Waals surface area contributed by atoms with Gasteiger partial charge in [0.1, 0.15) is 5.76 Å². The van der Waals surface area contributed by atoms with Crippen molar-refractivity contribution < 1.29 is 13.9 Å². The Morgan fingerprint density at radius 2 is 2.15 bits per heavy atom. The van der Waals surface area contributed by atoms with E-state index in [-0.39, 0.29) is 18.1 Å². The fourth-order valence-corrected chi connectivity index (χ4v) is 1.70. The lowest BCUT2D eigenvalue weighted by Crippen LogP contribution is -2.42. The first kappa shape index (κ1) is 16.7. The molecule has 0 bridgehead atoms. The minimum absolute atomic E-state index is 0.0140. The summed E-state index contributed by atoms with van der Waals surface area (Å²) in [6, 6.07) is 3.45. The summed E-state index contributed by atoms with van der Waals surface area (Å²) < 4.78 is 10.6. The number of amides is 1. The average Bonchev–Trinajstić information content (AvgIpc) is 2.92. The van der Waals surface area contributed by atoms with Gasteiger partial charge in [0.25, 0.3) is 0 Å². The average molecular weight is 282 g/mol. The molecule has 5 nitrogen and oxygen atoms in total. The Morgan fingerprint density at radius 3 is 2.80 bits per heavy atom. The van der Waals surface area contributed by atoms with Gasteiger partial charge in [0.05, 0.1) is 25.0 Å². The number of ether oxygens (including phenoxy) is 1. The van der Waals surface area contributed by atoms with Crippen LogP contribution in [0.4, 0.5) is 0 Å². The first-order valence-electron chi connectivity index (χ1n) is 7.24. The summed E-state index contributed by atoms with van der Waals surface area (Å²) in [6.45, 7) is 7.95. The molecule has 1 unspecified atom stereocenters. The smallest absolute Gasteiger partial charge is 0.237 e. The van der Waals surface area contributed by atoms with Crippen molar-refractivity contribution in [3.05, 3.63) is 24.2 Å². The number of carbonyl (C=O) groups is 1. The highest BCUT2D eigenvalue weighted by molar-refractivity contribution is 5.81. The highest BCUT2D eigenvalue weighted by atomic mass is 16.5. The minimum atomic E-state index is -0.198. The molecule has 0 fully saturated rings. The van der Waals surface area contributed by atoms with Gasteiger partial charge in [-0.3, -0.25) is 4.79 Å². The molecule has 1 aromatic heterocycles. The Hall–Kier alpha value is -1.33. The molecule has 20 heavy (non-hydrogen) atoms. The van der Waals surface area contributed by atoms with Crippen molar-refractivity contribution in [1.82, 2.24) is 10.6 Å². The van der Waals surface area contributed by atoms with E-state index in [4.69, 9.17) is 9.15 Å². The minimum Gasteiger partial charge on any atom is -0.467 e. The van der Waals surface area contributed by atoms with Crippen molar-refractivity contribution >= 4 is 5.91 Å². The van der Waals surface area contributed by atoms with Gasteiger partial charge >= 0.3 is 0 Å². The summed E-state index contributed by atoms with van der Waals surface area (Å²) in [6.07, 6.45) is 3.89. The summed E-state index contributed by atoms with van der Waals surface area (Å²) in [4.78, 5) is 11.8. The second-order valence-corrected chi connectivity index (χ2v) is 5.10. The number of nitrogens with one attached hydrogen (secondary N) is 2. The fraction of sp³-hybridized carbons (Fsp3) is 0.667. The van der Waals surface area contributed by atoms with Crippen molar-refractivity contribution in [2.45, 2.75) is 52.3 Å². The molecule has 114 valence electrons. The molecular formula is C15H26N2O3. The molecule has 5 heteroatoms. The standard InChI is InChI=1S/C15H26N2O3/c1-12(2)19-9-5-4-8-16-13(3)15(18)17-11-14-7-6-10-20-14/h6-7,10,12-13,16H,4-5,8-9,11H2,1-3H3,(H,17,18). The lowest BCUT2D eigenvalue weighted by Gasteiger charge is -2.13. The largest absolute Gasteiger partial charge is 0.467 e. The molecule has 0 spiro atoms. The van der Waals surface area contributed by atoms with Crippen molar-refractivity contribution in [2.75, 3.05) is 13.2 Å². The Labute approximate surface area is 121 Å². The zero-order chi connectivity index (χ0) is 14.8. The second kappa shape index (κ2) is 9.55. The molecule has 0 saturated heterocycles. The van der Waals surface area contributed by atoms with Crippen LogP contribution in [-0.4, -0.2) is 31.2 Å². The van der Waals surface area contributed by atoms with Gasteiger partial charge in [-0.2, -0.15) is 0 Å². The lowest BCUT2D eigenvalue weighted by molar-refractivity contribution is -0.123. The van der Waals surface area contributed by atoms with E-state index in [1.54, 1.807) is 6.26 Å². The van der Waals surface area contributed by atoms with Gasteiger partial charge in [-0.25, -0.2) is 0 Å². The van der Waals surface area contributed by atoms with Gasteiger partial charge < -0.3 is 19.8 Å². The Morgan fingerprint density at radius 1 is 1.35 bits per heavy atom. The predicted octanol–water partition coefficient (Wildman–Crippen LogP) is 2.08. The van der Waals surface area contributed by atoms with E-state index in [9.17, 15) is 4.79 Å². The molecule has 0 aliphatic carbocycles. The third-order valence-corrected chi connectivity index (χ3v) is 2.88. The van der Waals surface area contributed by atoms with E-state index < -0.39 is 0 Å². The Bertz CT molecular complexity index is 363. The Balaban J connectivity index is 2.03. The van der Waals surface area contributed by atoms with E-state index in [1.807, 2.05) is 32.9 Å². The zero-order valence-electron chi connectivity index (χ0n) is 12.6. The highest BCUT2D eigenvalue weighted by Gasteiger charge is 2.11. The van der Waals surface area contributed by atoms with E-state index in [2.05, 4.69) is 10.6 Å². The molecule has 2 N–H and O–H groups in total. The lowest BCUT2D eigenvalue weighted by atomic mass is 10.2. The molecular weight excluding hydrogens is 256 g/mol. The number of hydrogen-bond donors (Lipinski definition) is 2. The van der Waals surface area contributed by atoms with Crippen molar-refractivity contribution in [3.8, 4) is 0 Å². The van der Waals surface area contributed by atoms with Crippen LogP contribution in [0.15, 0.2) is 22.8 Å². The maximum absolute atomic E-state index is 11.8. The maximum atomic E-state index is 11.8. The fourth-order valence-electron chi connectivity index (χ4n) is 1.70. The van der Waals surface area contributed by atoms with Gasteiger partial charge in [0, 0.05) is 6.61 Å². The third-order valence-electron chi connectivity index (χ3n) is 2.88. The van der Waals surface area contributed by atoms with Gasteiger partial charge in [-0.15, -0.1) is 0 Å². The van der Waals surface area contributed by atoms with Gasteiger partial charge in [-0.05, 0) is 52.3 Å². The van der Waals surface area contributed by atoms with Crippen LogP contribution in [0.3, 0.4) is 0 Å². The van der Waals surface area contributed by atoms with E-state index in [0.717, 1.165) is 31.8 Å². The van der Waals surface area contributed by atoms with E-state index >= 15 is 0 Å². The van der Waals surface area contributed by atoms with Crippen molar-refractivity contribution in [2.24, 2.45) is 0 Å². The van der Waals surface area contributed by atoms with Crippen LogP contribution in [0, 0.1) is 0 Å². The van der Waals surface area contributed by atoms with Crippen LogP contribution in [0.1, 0.15) is 39.4 Å². The summed E-state index contributed by atoms with van der Waals surface area (Å²) in [5.41, 5.74) is 0. The molecule has 0 aliphatic heterocycles. The monoisotopic (exact) mass is 282 g/mol. The molecule has 0 radical (unpaired) electrons. The van der Waals surface area contributed by atoms with E-state index in [0.29, 0.717) is 6.54 Å². The Kier molecular flexibility index (Phi) is 7.99. The quantitative estimate of drug-likeness (QED) is 0.645. The third kappa shape index (κ3) is 7.31. The number of unbranched alkanes of at least 4 members (excludes halogenated alkanes) is 1. The molecule has 1 amide bonds. The van der Waals surface area contributed by atoms with Gasteiger partial charge in [-0.1, -0.05) is 0 Å². The first-order chi connectivity index (χ1) is 9.59. The predicted molar refractivity (Wildman–Crippen MR) is 78.3 cm³/mol. The second-order valence-electron chi connectivity index (χ2n) is 5.10. The molecule has 0 aliphatic rings. The summed E-state index contributed by atoms with van der Waals surface area (Å²) in [5, 5.41) is 6.03. The van der Waals surface area contributed by atoms with Crippen LogP contribution in [0.25, 0.3) is 0 Å². The molecule has 0 saturated carbocycles. The first-order valence-corrected chi connectivity index (χ1v) is 7.24. The van der Waals surface area contributed by atoms with Crippen LogP contribution < -0.4 is 10.6 Å². The van der Waals surface area contributed by atoms with Crippen LogP contribution in [-0.2, 0) is 16.1 Å². The summed E-state index contributed by atoms with van der Waals surface area (Å²) in [7, 11) is 0. The van der Waals surface area contributed by atoms with Gasteiger partial charge in [0.15, 0.2) is 0 Å². The normalized spacial score (nSPS) is 12.6.